The van der Waals surface area contributed by atoms with E-state index in [2.05, 4.69) is 22.3 Å². The van der Waals surface area contributed by atoms with Gasteiger partial charge in [-0.3, -0.25) is 4.90 Å². The number of nitrogens with zero attached hydrogens (tertiary/aromatic N) is 5. The second-order valence-corrected chi connectivity index (χ2v) is 5.43. The van der Waals surface area contributed by atoms with Crippen molar-refractivity contribution in [3.8, 4) is 5.00 Å². The SMILES string of the molecule is CC1COCCN1Cn1nnn(-c2cccs2)c1=O. The monoisotopic (exact) mass is 281 g/mol. The second-order valence-electron chi connectivity index (χ2n) is 4.50. The van der Waals surface area contributed by atoms with Crippen molar-refractivity contribution in [2.24, 2.45) is 0 Å². The van der Waals surface area contributed by atoms with Gasteiger partial charge in [0.1, 0.15) is 11.7 Å². The fourth-order valence-electron chi connectivity index (χ4n) is 2.04. The number of hydrogen-bond acceptors (Lipinski definition) is 6. The Balaban J connectivity index is 1.81. The molecule has 3 heterocycles. The number of rotatable bonds is 3. The average Bonchev–Trinajstić information content (AvgIpc) is 3.03. The molecule has 0 saturated carbocycles. The van der Waals surface area contributed by atoms with Crippen LogP contribution < -0.4 is 5.69 Å². The topological polar surface area (TPSA) is 65.2 Å². The smallest absolute Gasteiger partial charge is 0.370 e. The van der Waals surface area contributed by atoms with Gasteiger partial charge in [0.15, 0.2) is 0 Å². The normalized spacial score (nSPS) is 20.8. The summed E-state index contributed by atoms with van der Waals surface area (Å²) in [5.74, 6) is 0. The highest BCUT2D eigenvalue weighted by molar-refractivity contribution is 7.12. The van der Waals surface area contributed by atoms with Crippen molar-refractivity contribution in [1.82, 2.24) is 24.7 Å². The van der Waals surface area contributed by atoms with Crippen LogP contribution in [0.25, 0.3) is 5.00 Å². The Labute approximate surface area is 114 Å². The lowest BCUT2D eigenvalue weighted by Gasteiger charge is -2.32. The highest BCUT2D eigenvalue weighted by atomic mass is 32.1. The van der Waals surface area contributed by atoms with Gasteiger partial charge in [-0.25, -0.2) is 4.79 Å². The van der Waals surface area contributed by atoms with E-state index in [1.54, 1.807) is 0 Å². The van der Waals surface area contributed by atoms with Crippen LogP contribution in [0.3, 0.4) is 0 Å². The summed E-state index contributed by atoms with van der Waals surface area (Å²) in [5, 5.41) is 10.6. The van der Waals surface area contributed by atoms with Gasteiger partial charge < -0.3 is 4.74 Å². The standard InChI is InChI=1S/C11H15N5O2S/c1-9-7-18-5-4-14(9)8-15-11(17)16(13-12-15)10-3-2-6-19-10/h2-3,6,9H,4-5,7-8H2,1H3. The number of thiophene rings is 1. The van der Waals surface area contributed by atoms with E-state index in [0.717, 1.165) is 11.5 Å². The maximum atomic E-state index is 12.2. The van der Waals surface area contributed by atoms with Crippen molar-refractivity contribution >= 4 is 11.3 Å². The van der Waals surface area contributed by atoms with Crippen LogP contribution in [0.5, 0.6) is 0 Å². The third-order valence-corrected chi connectivity index (χ3v) is 4.02. The van der Waals surface area contributed by atoms with Gasteiger partial charge in [-0.15, -0.1) is 11.3 Å². The number of tetrazole rings is 1. The summed E-state index contributed by atoms with van der Waals surface area (Å²) in [5.41, 5.74) is -0.207. The predicted molar refractivity (Wildman–Crippen MR) is 70.5 cm³/mol. The molecule has 1 aliphatic heterocycles. The first-order valence-corrected chi connectivity index (χ1v) is 7.02. The molecule has 0 bridgehead atoms. The molecule has 2 aromatic heterocycles. The average molecular weight is 281 g/mol. The quantitative estimate of drug-likeness (QED) is 0.802. The zero-order valence-electron chi connectivity index (χ0n) is 10.6. The fraction of sp³-hybridized carbons (Fsp3) is 0.545. The van der Waals surface area contributed by atoms with Gasteiger partial charge in [0.25, 0.3) is 0 Å². The fourth-order valence-corrected chi connectivity index (χ4v) is 2.70. The van der Waals surface area contributed by atoms with Gasteiger partial charge in [-0.1, -0.05) is 0 Å². The van der Waals surface area contributed by atoms with Gasteiger partial charge in [0.05, 0.1) is 13.2 Å². The van der Waals surface area contributed by atoms with E-state index < -0.39 is 0 Å². The summed E-state index contributed by atoms with van der Waals surface area (Å²) in [6.45, 7) is 4.72. The molecule has 7 nitrogen and oxygen atoms in total. The molecule has 1 fully saturated rings. The van der Waals surface area contributed by atoms with Crippen molar-refractivity contribution in [3.05, 3.63) is 28.0 Å². The van der Waals surface area contributed by atoms with E-state index in [9.17, 15) is 4.79 Å². The third-order valence-electron chi connectivity index (χ3n) is 3.18. The molecule has 2 aromatic rings. The summed E-state index contributed by atoms with van der Waals surface area (Å²) in [4.78, 5) is 14.4. The van der Waals surface area contributed by atoms with E-state index in [1.807, 2.05) is 17.5 Å². The summed E-state index contributed by atoms with van der Waals surface area (Å²) in [6, 6.07) is 4.02. The van der Waals surface area contributed by atoms with E-state index >= 15 is 0 Å². The minimum atomic E-state index is -0.207. The van der Waals surface area contributed by atoms with Gasteiger partial charge >= 0.3 is 5.69 Å². The zero-order chi connectivity index (χ0) is 13.2. The van der Waals surface area contributed by atoms with Crippen LogP contribution in [0.15, 0.2) is 22.3 Å². The minimum absolute atomic E-state index is 0.207. The molecule has 0 aromatic carbocycles. The Kier molecular flexibility index (Phi) is 3.45. The number of ether oxygens (including phenoxy) is 1. The molecule has 0 N–H and O–H groups in total. The first-order chi connectivity index (χ1) is 9.25. The second kappa shape index (κ2) is 5.24. The Hall–Kier alpha value is -1.51. The van der Waals surface area contributed by atoms with Crippen LogP contribution >= 0.6 is 11.3 Å². The summed E-state index contributed by atoms with van der Waals surface area (Å²) >= 11 is 1.46. The molecule has 0 radical (unpaired) electrons. The molecule has 0 spiro atoms. The van der Waals surface area contributed by atoms with Crippen molar-refractivity contribution in [3.63, 3.8) is 0 Å². The molecule has 0 amide bonds. The van der Waals surface area contributed by atoms with Crippen molar-refractivity contribution in [2.45, 2.75) is 19.6 Å². The van der Waals surface area contributed by atoms with Gasteiger partial charge in [-0.05, 0) is 34.9 Å². The number of hydrogen-bond donors (Lipinski definition) is 0. The van der Waals surface area contributed by atoms with Crippen LogP contribution in [-0.4, -0.2) is 50.5 Å². The highest BCUT2D eigenvalue weighted by Crippen LogP contribution is 2.11. The molecule has 102 valence electrons. The Bertz CT molecular complexity index is 591. The summed E-state index contributed by atoms with van der Waals surface area (Å²) in [6.07, 6.45) is 0. The zero-order valence-corrected chi connectivity index (χ0v) is 11.4. The maximum Gasteiger partial charge on any atom is 0.370 e. The van der Waals surface area contributed by atoms with Crippen LogP contribution in [-0.2, 0) is 11.4 Å². The molecule has 8 heteroatoms. The molecule has 19 heavy (non-hydrogen) atoms. The van der Waals surface area contributed by atoms with E-state index in [0.29, 0.717) is 19.9 Å². The maximum absolute atomic E-state index is 12.2. The number of morpholine rings is 1. The first kappa shape index (κ1) is 12.5. The third kappa shape index (κ3) is 2.46. The van der Waals surface area contributed by atoms with Gasteiger partial charge in [0, 0.05) is 12.6 Å². The molecule has 3 rings (SSSR count). The molecule has 1 atom stereocenters. The summed E-state index contributed by atoms with van der Waals surface area (Å²) in [7, 11) is 0. The van der Waals surface area contributed by atoms with Gasteiger partial charge in [-0.2, -0.15) is 9.36 Å². The first-order valence-electron chi connectivity index (χ1n) is 6.14. The predicted octanol–water partition coefficient (Wildman–Crippen LogP) is 0.169. The van der Waals surface area contributed by atoms with Crippen molar-refractivity contribution in [1.29, 1.82) is 0 Å². The Morgan fingerprint density at radius 3 is 3.16 bits per heavy atom. The largest absolute Gasteiger partial charge is 0.379 e. The van der Waals surface area contributed by atoms with Crippen LogP contribution in [0, 0.1) is 0 Å². The minimum Gasteiger partial charge on any atom is -0.379 e. The van der Waals surface area contributed by atoms with Gasteiger partial charge in [0.2, 0.25) is 0 Å². The van der Waals surface area contributed by atoms with Crippen LogP contribution in [0.2, 0.25) is 0 Å². The lowest BCUT2D eigenvalue weighted by atomic mass is 10.3. The van der Waals surface area contributed by atoms with Crippen molar-refractivity contribution in [2.75, 3.05) is 19.8 Å². The Morgan fingerprint density at radius 2 is 2.42 bits per heavy atom. The van der Waals surface area contributed by atoms with Crippen molar-refractivity contribution < 1.29 is 4.74 Å². The molecule has 0 aliphatic carbocycles. The molecule has 1 saturated heterocycles. The van der Waals surface area contributed by atoms with Crippen LogP contribution in [0.1, 0.15) is 6.92 Å². The molecular formula is C11H15N5O2S. The molecule has 1 unspecified atom stereocenters. The van der Waals surface area contributed by atoms with E-state index in [4.69, 9.17) is 4.74 Å². The molecule has 1 aliphatic rings. The Morgan fingerprint density at radius 1 is 1.53 bits per heavy atom. The lowest BCUT2D eigenvalue weighted by Crippen LogP contribution is -2.46. The lowest BCUT2D eigenvalue weighted by molar-refractivity contribution is -0.0181. The van der Waals surface area contributed by atoms with Crippen LogP contribution in [0.4, 0.5) is 0 Å². The van der Waals surface area contributed by atoms with E-state index in [1.165, 1.54) is 20.7 Å². The highest BCUT2D eigenvalue weighted by Gasteiger charge is 2.21. The number of aromatic nitrogens is 4. The van der Waals surface area contributed by atoms with E-state index in [-0.39, 0.29) is 11.7 Å². The summed E-state index contributed by atoms with van der Waals surface area (Å²) < 4.78 is 8.09. The molecular weight excluding hydrogens is 266 g/mol.